The molecule has 1 fully saturated rings. The lowest BCUT2D eigenvalue weighted by Crippen LogP contribution is -2.33. The fraction of sp³-hybridized carbons (Fsp3) is 0.238. The first-order valence-electron chi connectivity index (χ1n) is 9.05. The number of urea groups is 1. The molecular weight excluding hydrogens is 356 g/mol. The fourth-order valence-electron chi connectivity index (χ4n) is 3.30. The molecule has 2 heterocycles. The highest BCUT2D eigenvalue weighted by Gasteiger charge is 2.44. The topological polar surface area (TPSA) is 79.5 Å². The minimum atomic E-state index is -0.589. The molecule has 1 aliphatic rings. The van der Waals surface area contributed by atoms with E-state index in [1.165, 1.54) is 4.90 Å². The van der Waals surface area contributed by atoms with Crippen LogP contribution in [0.15, 0.2) is 53.1 Å². The summed E-state index contributed by atoms with van der Waals surface area (Å²) in [5.41, 5.74) is 3.64. The third-order valence-corrected chi connectivity index (χ3v) is 4.91. The van der Waals surface area contributed by atoms with Crippen molar-refractivity contribution in [1.82, 2.24) is 15.0 Å². The van der Waals surface area contributed by atoms with Gasteiger partial charge in [0.15, 0.2) is 0 Å². The number of nitrogens with zero attached hydrogens (tertiary/aromatic N) is 4. The van der Waals surface area contributed by atoms with Gasteiger partial charge in [-0.15, -0.1) is 0 Å². The van der Waals surface area contributed by atoms with Gasteiger partial charge < -0.3 is 4.52 Å². The predicted octanol–water partition coefficient (Wildman–Crippen LogP) is 3.71. The van der Waals surface area contributed by atoms with Gasteiger partial charge in [-0.05, 0) is 38.5 Å². The van der Waals surface area contributed by atoms with E-state index in [1.807, 2.05) is 62.4 Å². The Labute approximate surface area is 162 Å². The number of carbonyl (C=O) groups is 2. The van der Waals surface area contributed by atoms with Crippen LogP contribution in [0.25, 0.3) is 11.4 Å². The molecule has 3 amide bonds. The Morgan fingerprint density at radius 3 is 2.46 bits per heavy atom. The fourth-order valence-corrected chi connectivity index (χ4v) is 3.30. The average molecular weight is 376 g/mol. The zero-order valence-electron chi connectivity index (χ0n) is 15.9. The number of aromatic nitrogens is 2. The van der Waals surface area contributed by atoms with Crippen molar-refractivity contribution in [2.24, 2.45) is 0 Å². The molecule has 0 saturated carbocycles. The van der Waals surface area contributed by atoms with Gasteiger partial charge >= 0.3 is 6.03 Å². The van der Waals surface area contributed by atoms with Crippen LogP contribution in [0, 0.1) is 13.8 Å². The Kier molecular flexibility index (Phi) is 4.43. The number of carbonyl (C=O) groups excluding carboxylic acids is 2. The highest BCUT2D eigenvalue weighted by molar-refractivity contribution is 6.13. The molecule has 1 aromatic heterocycles. The molecule has 0 aliphatic carbocycles. The molecule has 142 valence electrons. The summed E-state index contributed by atoms with van der Waals surface area (Å²) in [4.78, 5) is 32.6. The van der Waals surface area contributed by atoms with Gasteiger partial charge in [0.25, 0.3) is 5.91 Å². The minimum absolute atomic E-state index is 0.0523. The highest BCUT2D eigenvalue weighted by Crippen LogP contribution is 2.27. The molecule has 0 spiro atoms. The Morgan fingerprint density at radius 1 is 1.04 bits per heavy atom. The van der Waals surface area contributed by atoms with Crippen LogP contribution in [0.1, 0.15) is 23.9 Å². The number of rotatable bonds is 4. The van der Waals surface area contributed by atoms with Crippen molar-refractivity contribution in [2.45, 2.75) is 33.4 Å². The second-order valence-electron chi connectivity index (χ2n) is 6.92. The van der Waals surface area contributed by atoms with Crippen LogP contribution in [-0.2, 0) is 11.3 Å². The van der Waals surface area contributed by atoms with Gasteiger partial charge in [-0.2, -0.15) is 4.98 Å². The molecule has 0 N–H and O–H groups in total. The maximum atomic E-state index is 12.9. The van der Waals surface area contributed by atoms with Crippen LogP contribution in [0.2, 0.25) is 0 Å². The van der Waals surface area contributed by atoms with E-state index in [0.717, 1.165) is 21.6 Å². The molecule has 1 saturated heterocycles. The van der Waals surface area contributed by atoms with Crippen molar-refractivity contribution in [3.63, 3.8) is 0 Å². The number of amides is 3. The van der Waals surface area contributed by atoms with Crippen molar-refractivity contribution in [3.05, 3.63) is 65.5 Å². The van der Waals surface area contributed by atoms with E-state index < -0.39 is 12.1 Å². The van der Waals surface area contributed by atoms with Crippen LogP contribution >= 0.6 is 0 Å². The summed E-state index contributed by atoms with van der Waals surface area (Å²) in [5.74, 6) is 0.370. The third-order valence-electron chi connectivity index (χ3n) is 4.91. The van der Waals surface area contributed by atoms with Crippen LogP contribution in [0.4, 0.5) is 10.5 Å². The van der Waals surface area contributed by atoms with Crippen molar-refractivity contribution >= 4 is 17.6 Å². The molecule has 0 bridgehead atoms. The Bertz CT molecular complexity index is 1040. The number of imide groups is 1. The lowest BCUT2D eigenvalue weighted by atomic mass is 10.1. The number of hydrogen-bond acceptors (Lipinski definition) is 5. The largest absolute Gasteiger partial charge is 0.337 e. The molecule has 7 nitrogen and oxygen atoms in total. The zero-order chi connectivity index (χ0) is 19.8. The van der Waals surface area contributed by atoms with E-state index in [4.69, 9.17) is 4.52 Å². The number of anilines is 1. The summed E-state index contributed by atoms with van der Waals surface area (Å²) in [6.45, 7) is 5.59. The normalized spacial score (nSPS) is 16.9. The van der Waals surface area contributed by atoms with Gasteiger partial charge in [-0.3, -0.25) is 14.6 Å². The minimum Gasteiger partial charge on any atom is -0.337 e. The molecule has 7 heteroatoms. The lowest BCUT2D eigenvalue weighted by molar-refractivity contribution is -0.127. The summed E-state index contributed by atoms with van der Waals surface area (Å²) in [6.07, 6.45) is 0. The molecule has 0 radical (unpaired) electrons. The van der Waals surface area contributed by atoms with Crippen molar-refractivity contribution in [2.75, 3.05) is 4.90 Å². The zero-order valence-corrected chi connectivity index (χ0v) is 15.9. The number of hydrogen-bond donors (Lipinski definition) is 0. The summed E-state index contributed by atoms with van der Waals surface area (Å²) in [6, 6.07) is 14.2. The molecule has 1 atom stereocenters. The van der Waals surface area contributed by atoms with E-state index in [0.29, 0.717) is 11.5 Å². The van der Waals surface area contributed by atoms with Gasteiger partial charge in [0.2, 0.25) is 11.7 Å². The van der Waals surface area contributed by atoms with Crippen LogP contribution in [-0.4, -0.2) is 33.0 Å². The molecule has 4 rings (SSSR count). The maximum absolute atomic E-state index is 12.9. The smallest absolute Gasteiger partial charge is 0.332 e. The quantitative estimate of drug-likeness (QED) is 0.649. The van der Waals surface area contributed by atoms with Gasteiger partial charge in [0.05, 0.1) is 0 Å². The first-order valence-corrected chi connectivity index (χ1v) is 9.05. The van der Waals surface area contributed by atoms with Gasteiger partial charge in [0.1, 0.15) is 12.6 Å². The van der Waals surface area contributed by atoms with Crippen molar-refractivity contribution < 1.29 is 14.1 Å². The van der Waals surface area contributed by atoms with E-state index >= 15 is 0 Å². The summed E-state index contributed by atoms with van der Waals surface area (Å²) >= 11 is 0. The lowest BCUT2D eigenvalue weighted by Gasteiger charge is -2.19. The second-order valence-corrected chi connectivity index (χ2v) is 6.92. The van der Waals surface area contributed by atoms with Crippen molar-refractivity contribution in [1.29, 1.82) is 0 Å². The molecule has 3 aromatic rings. The first kappa shape index (κ1) is 17.9. The first-order chi connectivity index (χ1) is 13.5. The number of benzene rings is 2. The van der Waals surface area contributed by atoms with Gasteiger partial charge in [0, 0.05) is 11.3 Å². The van der Waals surface area contributed by atoms with E-state index in [-0.39, 0.29) is 18.3 Å². The summed E-state index contributed by atoms with van der Waals surface area (Å²) in [7, 11) is 0. The monoisotopic (exact) mass is 376 g/mol. The van der Waals surface area contributed by atoms with Gasteiger partial charge in [-0.1, -0.05) is 47.1 Å². The molecule has 2 aromatic carbocycles. The molecule has 1 aliphatic heterocycles. The Morgan fingerprint density at radius 2 is 1.75 bits per heavy atom. The second kappa shape index (κ2) is 6.92. The molecular formula is C21H20N4O3. The maximum Gasteiger partial charge on any atom is 0.332 e. The van der Waals surface area contributed by atoms with Gasteiger partial charge in [-0.25, -0.2) is 4.79 Å². The third kappa shape index (κ3) is 3.05. The SMILES string of the molecule is Cc1ccc(N2C(=O)N(Cc3nc(-c4ccccc4C)no3)C(=O)[C@@H]2C)cc1. The van der Waals surface area contributed by atoms with Crippen molar-refractivity contribution in [3.8, 4) is 11.4 Å². The molecule has 0 unspecified atom stereocenters. The standard InChI is InChI=1S/C21H20N4O3/c1-13-8-10-16(11-9-13)25-15(3)20(26)24(21(25)27)12-18-22-19(23-28-18)17-7-5-4-6-14(17)2/h4-11,15H,12H2,1-3H3/t15-/m0/s1. The van der Waals surface area contributed by atoms with Crippen LogP contribution in [0.3, 0.4) is 0 Å². The average Bonchev–Trinajstić information content (AvgIpc) is 3.23. The van der Waals surface area contributed by atoms with Crippen LogP contribution in [0.5, 0.6) is 0 Å². The number of aryl methyl sites for hydroxylation is 2. The Balaban J connectivity index is 1.57. The highest BCUT2D eigenvalue weighted by atomic mass is 16.5. The van der Waals surface area contributed by atoms with Crippen LogP contribution < -0.4 is 4.90 Å². The predicted molar refractivity (Wildman–Crippen MR) is 104 cm³/mol. The van der Waals surface area contributed by atoms with E-state index in [1.54, 1.807) is 6.92 Å². The summed E-state index contributed by atoms with van der Waals surface area (Å²) in [5, 5.41) is 4.00. The molecule has 28 heavy (non-hydrogen) atoms. The summed E-state index contributed by atoms with van der Waals surface area (Å²) < 4.78 is 5.30. The van der Waals surface area contributed by atoms with E-state index in [2.05, 4.69) is 10.1 Å². The van der Waals surface area contributed by atoms with E-state index in [9.17, 15) is 9.59 Å². The Hall–Kier alpha value is -3.48.